The summed E-state index contributed by atoms with van der Waals surface area (Å²) in [5.74, 6) is 1.27. The van der Waals surface area contributed by atoms with Gasteiger partial charge in [0.2, 0.25) is 5.43 Å². The molecule has 1 heterocycles. The third-order valence-electron chi connectivity index (χ3n) is 2.92. The van der Waals surface area contributed by atoms with Gasteiger partial charge in [-0.2, -0.15) is 0 Å². The molecule has 0 aliphatic heterocycles. The van der Waals surface area contributed by atoms with Crippen molar-refractivity contribution in [1.82, 2.24) is 4.57 Å². The molecule has 5 nitrogen and oxygen atoms in total. The number of nitrogen functional groups attached to an aromatic ring is 1. The molecule has 0 amide bonds. The van der Waals surface area contributed by atoms with E-state index in [1.54, 1.807) is 20.4 Å². The highest BCUT2D eigenvalue weighted by Crippen LogP contribution is 2.29. The third-order valence-corrected chi connectivity index (χ3v) is 2.92. The lowest BCUT2D eigenvalue weighted by molar-refractivity contribution is 0.355. The second-order valence-electron chi connectivity index (χ2n) is 4.14. The predicted octanol–water partition coefficient (Wildman–Crippen LogP) is 1.75. The van der Waals surface area contributed by atoms with Crippen molar-refractivity contribution in [1.29, 1.82) is 0 Å². The number of benzene rings is 1. The second kappa shape index (κ2) is 5.06. The van der Waals surface area contributed by atoms with Crippen LogP contribution >= 0.6 is 0 Å². The fourth-order valence-electron chi connectivity index (χ4n) is 1.90. The number of hydrogen-bond acceptors (Lipinski definition) is 4. The molecule has 0 fully saturated rings. The van der Waals surface area contributed by atoms with E-state index in [1.807, 2.05) is 29.7 Å². The lowest BCUT2D eigenvalue weighted by Crippen LogP contribution is -2.13. The van der Waals surface area contributed by atoms with Gasteiger partial charge < -0.3 is 19.8 Å². The SMILES string of the molecule is COc1ccc(-n2cc(N)c(=O)cc2C)cc1OC. The Labute approximate surface area is 111 Å². The van der Waals surface area contributed by atoms with Crippen LogP contribution in [0.3, 0.4) is 0 Å². The van der Waals surface area contributed by atoms with Gasteiger partial charge in [-0.3, -0.25) is 4.79 Å². The molecule has 0 aliphatic carbocycles. The topological polar surface area (TPSA) is 66.5 Å². The van der Waals surface area contributed by atoms with E-state index in [4.69, 9.17) is 15.2 Å². The lowest BCUT2D eigenvalue weighted by Gasteiger charge is -2.14. The number of nitrogens with zero attached hydrogens (tertiary/aromatic N) is 1. The van der Waals surface area contributed by atoms with Crippen molar-refractivity contribution in [2.24, 2.45) is 0 Å². The number of aromatic nitrogens is 1. The number of methoxy groups -OCH3 is 2. The molecule has 0 radical (unpaired) electrons. The first-order chi connectivity index (χ1) is 9.06. The van der Waals surface area contributed by atoms with Gasteiger partial charge >= 0.3 is 0 Å². The molecular formula is C14H16N2O3. The Morgan fingerprint density at radius 2 is 1.79 bits per heavy atom. The minimum atomic E-state index is -0.172. The first-order valence-electron chi connectivity index (χ1n) is 5.78. The minimum Gasteiger partial charge on any atom is -0.493 e. The molecule has 0 aliphatic rings. The zero-order valence-corrected chi connectivity index (χ0v) is 11.1. The summed E-state index contributed by atoms with van der Waals surface area (Å²) in [7, 11) is 3.16. The quantitative estimate of drug-likeness (QED) is 0.913. The number of rotatable bonds is 3. The maximum Gasteiger partial charge on any atom is 0.204 e. The van der Waals surface area contributed by atoms with E-state index in [9.17, 15) is 4.79 Å². The van der Waals surface area contributed by atoms with E-state index in [-0.39, 0.29) is 11.1 Å². The van der Waals surface area contributed by atoms with Gasteiger partial charge in [-0.25, -0.2) is 0 Å². The summed E-state index contributed by atoms with van der Waals surface area (Å²) in [4.78, 5) is 11.5. The lowest BCUT2D eigenvalue weighted by atomic mass is 10.2. The van der Waals surface area contributed by atoms with Crippen molar-refractivity contribution in [2.45, 2.75) is 6.92 Å². The molecule has 0 saturated heterocycles. The van der Waals surface area contributed by atoms with Gasteiger partial charge in [-0.05, 0) is 19.1 Å². The van der Waals surface area contributed by atoms with Crippen LogP contribution < -0.4 is 20.6 Å². The molecule has 100 valence electrons. The number of anilines is 1. The first-order valence-corrected chi connectivity index (χ1v) is 5.78. The van der Waals surface area contributed by atoms with Crippen molar-refractivity contribution >= 4 is 5.69 Å². The second-order valence-corrected chi connectivity index (χ2v) is 4.14. The predicted molar refractivity (Wildman–Crippen MR) is 74.3 cm³/mol. The Hall–Kier alpha value is -2.43. The molecule has 0 atom stereocenters. The van der Waals surface area contributed by atoms with E-state index in [2.05, 4.69) is 0 Å². The van der Waals surface area contributed by atoms with Crippen molar-refractivity contribution < 1.29 is 9.47 Å². The number of ether oxygens (including phenoxy) is 2. The normalized spacial score (nSPS) is 10.3. The Morgan fingerprint density at radius 3 is 2.42 bits per heavy atom. The van der Waals surface area contributed by atoms with Crippen molar-refractivity contribution in [2.75, 3.05) is 20.0 Å². The average molecular weight is 260 g/mol. The third kappa shape index (κ3) is 2.40. The Kier molecular flexibility index (Phi) is 3.46. The summed E-state index contributed by atoms with van der Waals surface area (Å²) >= 11 is 0. The monoisotopic (exact) mass is 260 g/mol. The summed E-state index contributed by atoms with van der Waals surface area (Å²) in [6.07, 6.45) is 1.61. The van der Waals surface area contributed by atoms with Crippen LogP contribution in [0.15, 0.2) is 35.3 Å². The van der Waals surface area contributed by atoms with Crippen LogP contribution in [0.5, 0.6) is 11.5 Å². The van der Waals surface area contributed by atoms with Crippen molar-refractivity contribution in [3.8, 4) is 17.2 Å². The van der Waals surface area contributed by atoms with E-state index < -0.39 is 0 Å². The zero-order valence-electron chi connectivity index (χ0n) is 11.1. The number of aryl methyl sites for hydroxylation is 1. The average Bonchev–Trinajstić information content (AvgIpc) is 2.42. The summed E-state index contributed by atoms with van der Waals surface area (Å²) in [6.45, 7) is 1.84. The fourth-order valence-corrected chi connectivity index (χ4v) is 1.90. The van der Waals surface area contributed by atoms with Gasteiger partial charge in [0, 0.05) is 29.7 Å². The summed E-state index contributed by atoms with van der Waals surface area (Å²) < 4.78 is 12.3. The minimum absolute atomic E-state index is 0.172. The van der Waals surface area contributed by atoms with E-state index in [1.165, 1.54) is 6.07 Å². The highest BCUT2D eigenvalue weighted by Gasteiger charge is 2.08. The van der Waals surface area contributed by atoms with Crippen LogP contribution in [0.2, 0.25) is 0 Å². The molecule has 2 rings (SSSR count). The Morgan fingerprint density at radius 1 is 1.11 bits per heavy atom. The van der Waals surface area contributed by atoms with Gasteiger partial charge in [0.25, 0.3) is 0 Å². The molecule has 0 saturated carbocycles. The van der Waals surface area contributed by atoms with Crippen LogP contribution in [-0.2, 0) is 0 Å². The molecule has 0 unspecified atom stereocenters. The highest BCUT2D eigenvalue weighted by molar-refractivity contribution is 5.51. The molecule has 0 bridgehead atoms. The summed E-state index contributed by atoms with van der Waals surface area (Å²) in [6, 6.07) is 7.02. The molecule has 2 aromatic rings. The van der Waals surface area contributed by atoms with Gasteiger partial charge in [0.1, 0.15) is 0 Å². The van der Waals surface area contributed by atoms with Gasteiger partial charge in [0.15, 0.2) is 11.5 Å². The maximum absolute atomic E-state index is 11.5. The smallest absolute Gasteiger partial charge is 0.204 e. The zero-order chi connectivity index (χ0) is 14.0. The molecule has 5 heteroatoms. The maximum atomic E-state index is 11.5. The Bertz CT molecular complexity index is 662. The van der Waals surface area contributed by atoms with E-state index in [0.717, 1.165) is 11.4 Å². The van der Waals surface area contributed by atoms with Crippen LogP contribution in [0, 0.1) is 6.92 Å². The van der Waals surface area contributed by atoms with Gasteiger partial charge in [0.05, 0.1) is 19.9 Å². The number of pyridine rings is 1. The highest BCUT2D eigenvalue weighted by atomic mass is 16.5. The van der Waals surface area contributed by atoms with Crippen LogP contribution in [0.1, 0.15) is 5.69 Å². The fraction of sp³-hybridized carbons (Fsp3) is 0.214. The number of nitrogens with two attached hydrogens (primary N) is 1. The molecular weight excluding hydrogens is 244 g/mol. The van der Waals surface area contributed by atoms with Crippen molar-refractivity contribution in [3.63, 3.8) is 0 Å². The Balaban J connectivity index is 2.59. The number of hydrogen-bond donors (Lipinski definition) is 1. The van der Waals surface area contributed by atoms with E-state index in [0.29, 0.717) is 11.5 Å². The van der Waals surface area contributed by atoms with E-state index >= 15 is 0 Å². The van der Waals surface area contributed by atoms with Gasteiger partial charge in [-0.1, -0.05) is 0 Å². The van der Waals surface area contributed by atoms with Crippen molar-refractivity contribution in [3.05, 3.63) is 46.4 Å². The molecule has 1 aromatic carbocycles. The summed E-state index contributed by atoms with van der Waals surface area (Å²) in [5.41, 5.74) is 7.35. The van der Waals surface area contributed by atoms with Crippen LogP contribution in [0.4, 0.5) is 5.69 Å². The molecule has 0 spiro atoms. The largest absolute Gasteiger partial charge is 0.493 e. The van der Waals surface area contributed by atoms with Gasteiger partial charge in [-0.15, -0.1) is 0 Å². The van der Waals surface area contributed by atoms with Crippen LogP contribution in [0.25, 0.3) is 5.69 Å². The molecule has 1 aromatic heterocycles. The molecule has 19 heavy (non-hydrogen) atoms. The standard InChI is InChI=1S/C14H16N2O3/c1-9-6-12(17)11(15)8-16(9)10-4-5-13(18-2)14(7-10)19-3/h4-8H,15H2,1-3H3. The summed E-state index contributed by atoms with van der Waals surface area (Å²) in [5, 5.41) is 0. The molecule has 2 N–H and O–H groups in total. The first kappa shape index (κ1) is 13.0. The van der Waals surface area contributed by atoms with Crippen LogP contribution in [-0.4, -0.2) is 18.8 Å².